The van der Waals surface area contributed by atoms with Crippen LogP contribution in [-0.2, 0) is 14.3 Å². The van der Waals surface area contributed by atoms with Gasteiger partial charge in [-0.15, -0.1) is 11.8 Å². The first-order valence-corrected chi connectivity index (χ1v) is 6.83. The summed E-state index contributed by atoms with van der Waals surface area (Å²) < 4.78 is 10.0. The van der Waals surface area contributed by atoms with E-state index in [1.54, 1.807) is 26.2 Å². The van der Waals surface area contributed by atoms with Gasteiger partial charge in [-0.3, -0.25) is 9.59 Å². The highest BCUT2D eigenvalue weighted by Crippen LogP contribution is 2.39. The van der Waals surface area contributed by atoms with Gasteiger partial charge in [0.2, 0.25) is 5.91 Å². The van der Waals surface area contributed by atoms with Gasteiger partial charge < -0.3 is 14.8 Å². The lowest BCUT2D eigenvalue weighted by Crippen LogP contribution is -2.31. The highest BCUT2D eigenvalue weighted by atomic mass is 32.2. The first-order chi connectivity index (χ1) is 9.13. The number of carbonyl (C=O) groups is 2. The molecule has 1 heterocycles. The van der Waals surface area contributed by atoms with Crippen LogP contribution < -0.4 is 10.1 Å². The molecule has 1 aromatic rings. The Morgan fingerprint density at radius 1 is 1.47 bits per heavy atom. The molecule has 0 bridgehead atoms. The van der Waals surface area contributed by atoms with E-state index in [1.165, 1.54) is 11.8 Å². The molecule has 5 nitrogen and oxygen atoms in total. The SMILES string of the molecule is CCOC(=O)CC1Sc2cc(OC)ccc2NC1=O. The summed E-state index contributed by atoms with van der Waals surface area (Å²) in [5, 5.41) is 2.33. The van der Waals surface area contributed by atoms with Crippen molar-refractivity contribution in [3.05, 3.63) is 18.2 Å². The van der Waals surface area contributed by atoms with Crippen molar-refractivity contribution in [3.63, 3.8) is 0 Å². The average Bonchev–Trinajstić information content (AvgIpc) is 2.39. The van der Waals surface area contributed by atoms with Gasteiger partial charge >= 0.3 is 5.97 Å². The normalized spacial score (nSPS) is 17.4. The van der Waals surface area contributed by atoms with Crippen molar-refractivity contribution in [2.75, 3.05) is 19.0 Å². The number of rotatable bonds is 4. The Kier molecular flexibility index (Phi) is 4.31. The summed E-state index contributed by atoms with van der Waals surface area (Å²) in [7, 11) is 1.59. The van der Waals surface area contributed by atoms with Crippen molar-refractivity contribution in [2.45, 2.75) is 23.5 Å². The number of amides is 1. The lowest BCUT2D eigenvalue weighted by atomic mass is 10.2. The molecular weight excluding hydrogens is 266 g/mol. The molecule has 19 heavy (non-hydrogen) atoms. The number of fused-ring (bicyclic) bond motifs is 1. The van der Waals surface area contributed by atoms with Crippen LogP contribution in [0.2, 0.25) is 0 Å². The topological polar surface area (TPSA) is 64.6 Å². The van der Waals surface area contributed by atoms with Crippen LogP contribution in [0.4, 0.5) is 5.69 Å². The largest absolute Gasteiger partial charge is 0.497 e. The second-order valence-electron chi connectivity index (χ2n) is 3.97. The standard InChI is InChI=1S/C13H15NO4S/c1-3-18-12(15)7-11-13(16)14-9-5-4-8(17-2)6-10(9)19-11/h4-6,11H,3,7H2,1-2H3,(H,14,16). The summed E-state index contributed by atoms with van der Waals surface area (Å²) in [5.41, 5.74) is 0.746. The summed E-state index contributed by atoms with van der Waals surface area (Å²) in [6.45, 7) is 2.06. The average molecular weight is 281 g/mol. The third-order valence-electron chi connectivity index (χ3n) is 2.67. The minimum absolute atomic E-state index is 0.0704. The Labute approximate surface area is 115 Å². The lowest BCUT2D eigenvalue weighted by molar-refractivity contribution is -0.143. The summed E-state index contributed by atoms with van der Waals surface area (Å²) in [6.07, 6.45) is 0.0704. The summed E-state index contributed by atoms with van der Waals surface area (Å²) in [5.74, 6) is 0.189. The lowest BCUT2D eigenvalue weighted by Gasteiger charge is -2.23. The maximum atomic E-state index is 11.9. The van der Waals surface area contributed by atoms with Crippen LogP contribution in [0.15, 0.2) is 23.1 Å². The maximum absolute atomic E-state index is 11.9. The molecule has 0 saturated heterocycles. The van der Waals surface area contributed by atoms with Crippen molar-refractivity contribution in [1.82, 2.24) is 0 Å². The van der Waals surface area contributed by atoms with Gasteiger partial charge in [-0.2, -0.15) is 0 Å². The Bertz CT molecular complexity index is 503. The molecule has 0 aromatic heterocycles. The molecule has 0 spiro atoms. The molecule has 0 radical (unpaired) electrons. The fraction of sp³-hybridized carbons (Fsp3) is 0.385. The van der Waals surface area contributed by atoms with Gasteiger partial charge in [-0.1, -0.05) is 0 Å². The molecule has 1 aliphatic heterocycles. The van der Waals surface area contributed by atoms with Crippen LogP contribution in [0.1, 0.15) is 13.3 Å². The molecule has 6 heteroatoms. The molecule has 0 aliphatic carbocycles. The molecule has 1 unspecified atom stereocenters. The maximum Gasteiger partial charge on any atom is 0.307 e. The highest BCUT2D eigenvalue weighted by Gasteiger charge is 2.29. The zero-order chi connectivity index (χ0) is 13.8. The predicted octanol–water partition coefficient (Wildman–Crippen LogP) is 2.06. The van der Waals surface area contributed by atoms with E-state index in [0.29, 0.717) is 6.61 Å². The van der Waals surface area contributed by atoms with Crippen LogP contribution in [0.5, 0.6) is 5.75 Å². The van der Waals surface area contributed by atoms with Crippen LogP contribution in [0.3, 0.4) is 0 Å². The second kappa shape index (κ2) is 5.97. The number of nitrogens with one attached hydrogen (secondary N) is 1. The van der Waals surface area contributed by atoms with E-state index in [-0.39, 0.29) is 18.3 Å². The quantitative estimate of drug-likeness (QED) is 0.856. The minimum Gasteiger partial charge on any atom is -0.497 e. The minimum atomic E-state index is -0.460. The zero-order valence-corrected chi connectivity index (χ0v) is 11.6. The van der Waals surface area contributed by atoms with E-state index in [9.17, 15) is 9.59 Å². The van der Waals surface area contributed by atoms with E-state index in [1.807, 2.05) is 6.07 Å². The second-order valence-corrected chi connectivity index (χ2v) is 5.21. The Morgan fingerprint density at radius 2 is 2.26 bits per heavy atom. The van der Waals surface area contributed by atoms with E-state index < -0.39 is 5.25 Å². The van der Waals surface area contributed by atoms with Crippen LogP contribution in [0.25, 0.3) is 0 Å². The van der Waals surface area contributed by atoms with Crippen LogP contribution in [0, 0.1) is 0 Å². The number of hydrogen-bond donors (Lipinski definition) is 1. The number of benzene rings is 1. The molecule has 2 rings (SSSR count). The Morgan fingerprint density at radius 3 is 2.95 bits per heavy atom. The molecular formula is C13H15NO4S. The third kappa shape index (κ3) is 3.20. The van der Waals surface area contributed by atoms with Crippen molar-refractivity contribution >= 4 is 29.3 Å². The summed E-state index contributed by atoms with van der Waals surface area (Å²) in [4.78, 5) is 24.2. The molecule has 1 amide bonds. The van der Waals surface area contributed by atoms with Gasteiger partial charge in [0.1, 0.15) is 5.75 Å². The van der Waals surface area contributed by atoms with Crippen molar-refractivity contribution in [3.8, 4) is 5.75 Å². The van der Waals surface area contributed by atoms with Crippen LogP contribution in [-0.4, -0.2) is 30.8 Å². The van der Waals surface area contributed by atoms with Gasteiger partial charge in [0.25, 0.3) is 0 Å². The van der Waals surface area contributed by atoms with E-state index in [2.05, 4.69) is 5.32 Å². The van der Waals surface area contributed by atoms with Gasteiger partial charge in [0, 0.05) is 4.90 Å². The molecule has 102 valence electrons. The third-order valence-corrected chi connectivity index (χ3v) is 3.92. The number of thioether (sulfide) groups is 1. The number of methoxy groups -OCH3 is 1. The number of hydrogen-bond acceptors (Lipinski definition) is 5. The molecule has 1 atom stereocenters. The van der Waals surface area contributed by atoms with E-state index in [0.717, 1.165) is 16.3 Å². The first kappa shape index (κ1) is 13.7. The fourth-order valence-corrected chi connectivity index (χ4v) is 2.88. The van der Waals surface area contributed by atoms with Crippen LogP contribution >= 0.6 is 11.8 Å². The highest BCUT2D eigenvalue weighted by molar-refractivity contribution is 8.01. The molecule has 0 saturated carbocycles. The number of carbonyl (C=O) groups excluding carboxylic acids is 2. The monoisotopic (exact) mass is 281 g/mol. The van der Waals surface area contributed by atoms with Gasteiger partial charge in [-0.05, 0) is 25.1 Å². The van der Waals surface area contributed by atoms with Gasteiger partial charge in [0.15, 0.2) is 0 Å². The first-order valence-electron chi connectivity index (χ1n) is 5.95. The van der Waals surface area contributed by atoms with Gasteiger partial charge in [0.05, 0.1) is 31.1 Å². The van der Waals surface area contributed by atoms with Crippen molar-refractivity contribution < 1.29 is 19.1 Å². The fourth-order valence-electron chi connectivity index (χ4n) is 1.76. The molecule has 1 N–H and O–H groups in total. The van der Waals surface area contributed by atoms with E-state index >= 15 is 0 Å². The zero-order valence-electron chi connectivity index (χ0n) is 10.8. The number of anilines is 1. The van der Waals surface area contributed by atoms with E-state index in [4.69, 9.17) is 9.47 Å². The predicted molar refractivity (Wildman–Crippen MR) is 72.5 cm³/mol. The molecule has 0 fully saturated rings. The Hall–Kier alpha value is -1.69. The van der Waals surface area contributed by atoms with Crippen molar-refractivity contribution in [1.29, 1.82) is 0 Å². The molecule has 1 aromatic carbocycles. The smallest absolute Gasteiger partial charge is 0.307 e. The molecule has 1 aliphatic rings. The summed E-state index contributed by atoms with van der Waals surface area (Å²) in [6, 6.07) is 5.42. The van der Waals surface area contributed by atoms with Crippen molar-refractivity contribution in [2.24, 2.45) is 0 Å². The van der Waals surface area contributed by atoms with Gasteiger partial charge in [-0.25, -0.2) is 0 Å². The summed E-state index contributed by atoms with van der Waals surface area (Å²) >= 11 is 1.36. The Balaban J connectivity index is 2.13. The number of ether oxygens (including phenoxy) is 2. The number of esters is 1.